The molecule has 3 aromatic carbocycles. The molecule has 0 aliphatic heterocycles. The van der Waals surface area contributed by atoms with Crippen molar-refractivity contribution < 1.29 is 14.3 Å². The van der Waals surface area contributed by atoms with Gasteiger partial charge in [0.25, 0.3) is 11.5 Å². The highest BCUT2D eigenvalue weighted by Crippen LogP contribution is 2.31. The van der Waals surface area contributed by atoms with E-state index in [1.165, 1.54) is 7.11 Å². The zero-order valence-corrected chi connectivity index (χ0v) is 17.1. The van der Waals surface area contributed by atoms with Crippen molar-refractivity contribution in [3.8, 4) is 22.9 Å². The minimum atomic E-state index is -0.280. The van der Waals surface area contributed by atoms with Crippen molar-refractivity contribution in [1.29, 1.82) is 0 Å². The van der Waals surface area contributed by atoms with E-state index < -0.39 is 0 Å². The third-order valence-electron chi connectivity index (χ3n) is 4.71. The van der Waals surface area contributed by atoms with E-state index >= 15 is 0 Å². The number of carbonyl (C=O) groups is 1. The number of aromatic amines is 1. The van der Waals surface area contributed by atoms with Gasteiger partial charge < -0.3 is 19.8 Å². The first-order valence-electron chi connectivity index (χ1n) is 9.70. The molecule has 2 N–H and O–H groups in total. The molecule has 1 aromatic heterocycles. The van der Waals surface area contributed by atoms with Crippen molar-refractivity contribution in [3.63, 3.8) is 0 Å². The molecule has 4 rings (SSSR count). The molecular formula is C24H21N3O4. The number of rotatable bonds is 6. The molecule has 1 heterocycles. The van der Waals surface area contributed by atoms with E-state index in [0.717, 1.165) is 5.56 Å². The average Bonchev–Trinajstić information content (AvgIpc) is 2.77. The molecule has 0 saturated heterocycles. The Morgan fingerprint density at radius 3 is 2.68 bits per heavy atom. The number of fused-ring (bicyclic) bond motifs is 1. The van der Waals surface area contributed by atoms with Crippen LogP contribution < -0.4 is 20.3 Å². The molecule has 31 heavy (non-hydrogen) atoms. The first-order chi connectivity index (χ1) is 15.0. The maximum atomic E-state index is 12.3. The van der Waals surface area contributed by atoms with Crippen LogP contribution in [0.3, 0.4) is 0 Å². The Bertz CT molecular complexity index is 1310. The second-order valence-corrected chi connectivity index (χ2v) is 7.00. The van der Waals surface area contributed by atoms with Crippen LogP contribution in [0.15, 0.2) is 71.5 Å². The first kappa shape index (κ1) is 20.2. The molecule has 0 atom stereocenters. The number of ether oxygens (including phenoxy) is 2. The van der Waals surface area contributed by atoms with Crippen LogP contribution >= 0.6 is 0 Å². The van der Waals surface area contributed by atoms with E-state index in [-0.39, 0.29) is 18.1 Å². The lowest BCUT2D eigenvalue weighted by molar-refractivity contribution is -0.118. The molecule has 7 heteroatoms. The number of H-pyrrole nitrogens is 1. The minimum Gasteiger partial charge on any atom is -0.493 e. The monoisotopic (exact) mass is 415 g/mol. The second-order valence-electron chi connectivity index (χ2n) is 7.00. The topological polar surface area (TPSA) is 93.3 Å². The highest BCUT2D eigenvalue weighted by atomic mass is 16.5. The molecule has 0 radical (unpaired) electrons. The normalized spacial score (nSPS) is 10.6. The van der Waals surface area contributed by atoms with Crippen molar-refractivity contribution in [2.45, 2.75) is 6.92 Å². The number of hydrogen-bond donors (Lipinski definition) is 2. The third-order valence-corrected chi connectivity index (χ3v) is 4.71. The lowest BCUT2D eigenvalue weighted by Crippen LogP contribution is -2.20. The van der Waals surface area contributed by atoms with Crippen LogP contribution in [0.5, 0.6) is 11.5 Å². The fraction of sp³-hybridized carbons (Fsp3) is 0.125. The Kier molecular flexibility index (Phi) is 5.66. The van der Waals surface area contributed by atoms with Crippen molar-refractivity contribution in [1.82, 2.24) is 9.97 Å². The Balaban J connectivity index is 1.52. The van der Waals surface area contributed by atoms with Crippen molar-refractivity contribution in [2.24, 2.45) is 0 Å². The number of anilines is 1. The number of benzene rings is 3. The smallest absolute Gasteiger partial charge is 0.262 e. The highest BCUT2D eigenvalue weighted by Gasteiger charge is 2.12. The summed E-state index contributed by atoms with van der Waals surface area (Å²) in [5.41, 5.74) is 2.82. The molecule has 0 unspecified atom stereocenters. The second kappa shape index (κ2) is 8.71. The van der Waals surface area contributed by atoms with E-state index in [2.05, 4.69) is 15.3 Å². The van der Waals surface area contributed by atoms with Crippen molar-refractivity contribution in [2.75, 3.05) is 19.0 Å². The van der Waals surface area contributed by atoms with Gasteiger partial charge in [0.05, 0.1) is 18.0 Å². The van der Waals surface area contributed by atoms with Gasteiger partial charge in [0.2, 0.25) is 0 Å². The third kappa shape index (κ3) is 4.56. The molecule has 0 fully saturated rings. The van der Waals surface area contributed by atoms with Gasteiger partial charge in [-0.2, -0.15) is 0 Å². The Morgan fingerprint density at radius 2 is 1.87 bits per heavy atom. The maximum Gasteiger partial charge on any atom is 0.262 e. The summed E-state index contributed by atoms with van der Waals surface area (Å²) in [6.45, 7) is 1.78. The molecule has 0 aliphatic carbocycles. The fourth-order valence-corrected chi connectivity index (χ4v) is 3.22. The first-order valence-corrected chi connectivity index (χ1v) is 9.70. The molecule has 1 amide bonds. The largest absolute Gasteiger partial charge is 0.493 e. The van der Waals surface area contributed by atoms with Crippen LogP contribution in [0.25, 0.3) is 22.3 Å². The van der Waals surface area contributed by atoms with Crippen LogP contribution in [0.1, 0.15) is 5.56 Å². The zero-order valence-electron chi connectivity index (χ0n) is 17.1. The van der Waals surface area contributed by atoms with E-state index in [1.807, 2.05) is 37.3 Å². The van der Waals surface area contributed by atoms with Gasteiger partial charge >= 0.3 is 0 Å². The molecular weight excluding hydrogens is 394 g/mol. The zero-order chi connectivity index (χ0) is 21.8. The predicted octanol–water partition coefficient (Wildman–Crippen LogP) is 3.92. The summed E-state index contributed by atoms with van der Waals surface area (Å²) in [7, 11) is 1.51. The average molecular weight is 415 g/mol. The summed E-state index contributed by atoms with van der Waals surface area (Å²) in [5, 5.41) is 3.32. The molecule has 0 aliphatic rings. The summed E-state index contributed by atoms with van der Waals surface area (Å²) in [6, 6.07) is 19.8. The predicted molar refractivity (Wildman–Crippen MR) is 120 cm³/mol. The summed E-state index contributed by atoms with van der Waals surface area (Å²) in [5.74, 6) is 0.980. The number of aryl methyl sites for hydroxylation is 1. The summed E-state index contributed by atoms with van der Waals surface area (Å²) < 4.78 is 11.1. The SMILES string of the molecule is COc1cc(-c2nc3ccccc3c(=O)[nH]2)ccc1OCC(=O)Nc1cccc(C)c1. The van der Waals surface area contributed by atoms with Crippen molar-refractivity contribution in [3.05, 3.63) is 82.6 Å². The van der Waals surface area contributed by atoms with Gasteiger partial charge in [-0.3, -0.25) is 9.59 Å². The van der Waals surface area contributed by atoms with Crippen LogP contribution in [0.4, 0.5) is 5.69 Å². The van der Waals surface area contributed by atoms with Gasteiger partial charge in [-0.05, 0) is 55.0 Å². The number of carbonyl (C=O) groups excluding carboxylic acids is 1. The number of para-hydroxylation sites is 1. The molecule has 4 aromatic rings. The van der Waals surface area contributed by atoms with Gasteiger partial charge in [0.1, 0.15) is 5.82 Å². The Morgan fingerprint density at radius 1 is 1.03 bits per heavy atom. The molecule has 0 bridgehead atoms. The Labute approximate surface area is 178 Å². The van der Waals surface area contributed by atoms with Crippen LogP contribution in [0, 0.1) is 6.92 Å². The highest BCUT2D eigenvalue weighted by molar-refractivity contribution is 5.92. The van der Waals surface area contributed by atoms with E-state index in [9.17, 15) is 9.59 Å². The lowest BCUT2D eigenvalue weighted by atomic mass is 10.1. The van der Waals surface area contributed by atoms with Gasteiger partial charge in [0.15, 0.2) is 18.1 Å². The standard InChI is InChI=1S/C24H21N3O4/c1-15-6-5-7-17(12-15)25-22(28)14-31-20-11-10-16(13-21(20)30-2)23-26-19-9-4-3-8-18(19)24(29)27-23/h3-13H,14H2,1-2H3,(H,25,28)(H,26,27,29). The van der Waals surface area contributed by atoms with E-state index in [4.69, 9.17) is 9.47 Å². The number of hydrogen-bond acceptors (Lipinski definition) is 5. The summed E-state index contributed by atoms with van der Waals surface area (Å²) >= 11 is 0. The summed E-state index contributed by atoms with van der Waals surface area (Å²) in [6.07, 6.45) is 0. The number of nitrogens with one attached hydrogen (secondary N) is 2. The van der Waals surface area contributed by atoms with Crippen LogP contribution in [0.2, 0.25) is 0 Å². The fourth-order valence-electron chi connectivity index (χ4n) is 3.22. The van der Waals surface area contributed by atoms with Crippen molar-refractivity contribution >= 4 is 22.5 Å². The van der Waals surface area contributed by atoms with Gasteiger partial charge in [-0.1, -0.05) is 24.3 Å². The van der Waals surface area contributed by atoms with Gasteiger partial charge in [0, 0.05) is 11.3 Å². The quantitative estimate of drug-likeness (QED) is 0.498. The molecule has 0 spiro atoms. The number of nitrogens with zero attached hydrogens (tertiary/aromatic N) is 1. The maximum absolute atomic E-state index is 12.3. The number of amides is 1. The summed E-state index contributed by atoms with van der Waals surface area (Å²) in [4.78, 5) is 31.9. The van der Waals surface area contributed by atoms with E-state index in [0.29, 0.717) is 39.5 Å². The molecule has 0 saturated carbocycles. The molecule has 7 nitrogen and oxygen atoms in total. The minimum absolute atomic E-state index is 0.172. The van der Waals surface area contributed by atoms with Gasteiger partial charge in [-0.15, -0.1) is 0 Å². The number of aromatic nitrogens is 2. The van der Waals surface area contributed by atoms with Gasteiger partial charge in [-0.25, -0.2) is 4.98 Å². The van der Waals surface area contributed by atoms with E-state index in [1.54, 1.807) is 36.4 Å². The molecule has 156 valence electrons. The lowest BCUT2D eigenvalue weighted by Gasteiger charge is -2.12. The Hall–Kier alpha value is -4.13. The number of methoxy groups -OCH3 is 1. The van der Waals surface area contributed by atoms with Crippen LogP contribution in [-0.2, 0) is 4.79 Å². The van der Waals surface area contributed by atoms with Crippen LogP contribution in [-0.4, -0.2) is 29.6 Å².